The summed E-state index contributed by atoms with van der Waals surface area (Å²) in [6.45, 7) is 0. The lowest BCUT2D eigenvalue weighted by Crippen LogP contribution is -2.16. The summed E-state index contributed by atoms with van der Waals surface area (Å²) in [5.74, 6) is 0.794. The van der Waals surface area contributed by atoms with Gasteiger partial charge in [-0.3, -0.25) is 0 Å². The Morgan fingerprint density at radius 2 is 1.81 bits per heavy atom. The van der Waals surface area contributed by atoms with E-state index in [1.54, 1.807) is 18.2 Å². The summed E-state index contributed by atoms with van der Waals surface area (Å²) in [6.07, 6.45) is 0. The summed E-state index contributed by atoms with van der Waals surface area (Å²) in [6, 6.07) is 17.3. The van der Waals surface area contributed by atoms with E-state index in [0.29, 0.717) is 5.02 Å². The Morgan fingerprint density at radius 1 is 1.00 bits per heavy atom. The number of benzene rings is 3. The van der Waals surface area contributed by atoms with Gasteiger partial charge in [0.25, 0.3) is 0 Å². The number of nitrogens with zero attached hydrogens (tertiary/aromatic N) is 1. The van der Waals surface area contributed by atoms with Gasteiger partial charge in [0.05, 0.1) is 10.7 Å². The van der Waals surface area contributed by atoms with E-state index in [-0.39, 0.29) is 5.75 Å². The maximum absolute atomic E-state index is 9.53. The average molecular weight is 295 g/mol. The molecule has 4 rings (SSSR count). The fourth-order valence-corrected chi connectivity index (χ4v) is 2.77. The molecule has 2 N–H and O–H groups in total. The van der Waals surface area contributed by atoms with Gasteiger partial charge in [-0.1, -0.05) is 35.9 Å². The molecule has 3 aromatic rings. The number of amidine groups is 1. The molecule has 0 saturated heterocycles. The molecule has 0 radical (unpaired) electrons. The minimum absolute atomic E-state index is 0.0688. The first-order valence-corrected chi connectivity index (χ1v) is 6.96. The second-order valence-corrected chi connectivity index (χ2v) is 5.34. The number of hydrogen-bond donors (Lipinski definition) is 2. The highest BCUT2D eigenvalue weighted by Crippen LogP contribution is 2.36. The maximum atomic E-state index is 9.53. The second-order valence-electron chi connectivity index (χ2n) is 4.93. The molecule has 0 saturated carbocycles. The van der Waals surface area contributed by atoms with Crippen molar-refractivity contribution in [2.24, 2.45) is 4.99 Å². The number of halogens is 1. The zero-order valence-corrected chi connectivity index (χ0v) is 11.7. The first-order valence-electron chi connectivity index (χ1n) is 6.59. The highest BCUT2D eigenvalue weighted by Gasteiger charge is 2.16. The van der Waals surface area contributed by atoms with Crippen LogP contribution in [-0.4, -0.2) is 10.9 Å². The lowest BCUT2D eigenvalue weighted by atomic mass is 10.0. The summed E-state index contributed by atoms with van der Waals surface area (Å²) in [4.78, 5) is 4.67. The van der Waals surface area contributed by atoms with Crippen molar-refractivity contribution in [1.82, 2.24) is 0 Å². The van der Waals surface area contributed by atoms with Gasteiger partial charge in [-0.2, -0.15) is 0 Å². The van der Waals surface area contributed by atoms with E-state index in [0.717, 1.165) is 33.5 Å². The van der Waals surface area contributed by atoms with Crippen molar-refractivity contribution in [3.63, 3.8) is 0 Å². The Hall–Kier alpha value is -2.52. The minimum atomic E-state index is 0.0688. The number of anilines is 1. The Morgan fingerprint density at radius 3 is 2.62 bits per heavy atom. The largest absolute Gasteiger partial charge is 0.506 e. The molecule has 0 unspecified atom stereocenters. The number of aliphatic imine (C=N–C) groups is 1. The minimum Gasteiger partial charge on any atom is -0.506 e. The van der Waals surface area contributed by atoms with Crippen LogP contribution in [0, 0.1) is 0 Å². The molecule has 4 heteroatoms. The van der Waals surface area contributed by atoms with Crippen molar-refractivity contribution in [2.45, 2.75) is 0 Å². The van der Waals surface area contributed by atoms with Crippen LogP contribution < -0.4 is 5.32 Å². The predicted octanol–water partition coefficient (Wildman–Crippen LogP) is 4.70. The molecule has 0 amide bonds. The molecule has 1 aliphatic heterocycles. The molecule has 0 bridgehead atoms. The number of phenolic OH excluding ortho intramolecular Hbond substituents is 1. The zero-order valence-electron chi connectivity index (χ0n) is 11.0. The first-order chi connectivity index (χ1) is 10.2. The summed E-state index contributed by atoms with van der Waals surface area (Å²) >= 11 is 5.98. The molecule has 3 nitrogen and oxygen atoms in total. The molecule has 3 aromatic carbocycles. The van der Waals surface area contributed by atoms with Crippen molar-refractivity contribution >= 4 is 39.6 Å². The molecule has 0 aliphatic carbocycles. The monoisotopic (exact) mass is 294 g/mol. The van der Waals surface area contributed by atoms with E-state index in [1.807, 2.05) is 24.3 Å². The molecule has 0 aromatic heterocycles. The van der Waals surface area contributed by atoms with Crippen LogP contribution in [0.4, 0.5) is 11.4 Å². The van der Waals surface area contributed by atoms with Gasteiger partial charge in [-0.25, -0.2) is 4.99 Å². The van der Waals surface area contributed by atoms with Crippen LogP contribution in [0.2, 0.25) is 5.02 Å². The molecule has 0 fully saturated rings. The van der Waals surface area contributed by atoms with Crippen molar-refractivity contribution in [3.8, 4) is 5.75 Å². The highest BCUT2D eigenvalue weighted by molar-refractivity contribution is 6.32. The third-order valence-corrected chi connectivity index (χ3v) is 3.89. The van der Waals surface area contributed by atoms with E-state index in [2.05, 4.69) is 22.4 Å². The van der Waals surface area contributed by atoms with Gasteiger partial charge in [0.15, 0.2) is 0 Å². The maximum Gasteiger partial charge on any atom is 0.138 e. The molecular weight excluding hydrogens is 284 g/mol. The fourth-order valence-electron chi connectivity index (χ4n) is 2.59. The lowest BCUT2D eigenvalue weighted by Gasteiger charge is -2.19. The molecule has 102 valence electrons. The molecule has 0 spiro atoms. The van der Waals surface area contributed by atoms with E-state index in [9.17, 15) is 5.11 Å². The number of rotatable bonds is 1. The lowest BCUT2D eigenvalue weighted by molar-refractivity contribution is 0.475. The average Bonchev–Trinajstić information content (AvgIpc) is 2.50. The Labute approximate surface area is 126 Å². The first kappa shape index (κ1) is 12.2. The Kier molecular flexibility index (Phi) is 2.62. The highest BCUT2D eigenvalue weighted by atomic mass is 35.5. The number of nitrogens with one attached hydrogen (secondary N) is 1. The molecule has 1 aliphatic rings. The van der Waals surface area contributed by atoms with Gasteiger partial charge in [0.1, 0.15) is 11.6 Å². The van der Waals surface area contributed by atoms with Crippen molar-refractivity contribution < 1.29 is 5.11 Å². The standard InChI is InChI=1S/C17H11ClN2O/c18-12-9-11(7-8-15(12)21)17-19-13-5-1-3-10-4-2-6-14(20-17)16(10)13/h1-9,21H,(H,19,20). The topological polar surface area (TPSA) is 44.6 Å². The molecular formula is C17H11ClN2O. The quantitative estimate of drug-likeness (QED) is 0.683. The van der Waals surface area contributed by atoms with Crippen molar-refractivity contribution in [1.29, 1.82) is 0 Å². The van der Waals surface area contributed by atoms with Crippen LogP contribution in [0.3, 0.4) is 0 Å². The van der Waals surface area contributed by atoms with Crippen molar-refractivity contribution in [2.75, 3.05) is 5.32 Å². The fraction of sp³-hybridized carbons (Fsp3) is 0. The number of phenols is 1. The van der Waals surface area contributed by atoms with Crippen LogP contribution in [0.15, 0.2) is 59.6 Å². The Bertz CT molecular complexity index is 897. The van der Waals surface area contributed by atoms with Crippen LogP contribution in [0.1, 0.15) is 5.56 Å². The summed E-state index contributed by atoms with van der Waals surface area (Å²) in [5.41, 5.74) is 2.79. The van der Waals surface area contributed by atoms with Crippen LogP contribution >= 0.6 is 11.6 Å². The third-order valence-electron chi connectivity index (χ3n) is 3.59. The van der Waals surface area contributed by atoms with Gasteiger partial charge in [-0.15, -0.1) is 0 Å². The smallest absolute Gasteiger partial charge is 0.138 e. The van der Waals surface area contributed by atoms with E-state index < -0.39 is 0 Å². The summed E-state index contributed by atoms with van der Waals surface area (Å²) in [5, 5.41) is 15.5. The summed E-state index contributed by atoms with van der Waals surface area (Å²) in [7, 11) is 0. The van der Waals surface area contributed by atoms with Gasteiger partial charge in [0, 0.05) is 16.6 Å². The predicted molar refractivity (Wildman–Crippen MR) is 86.9 cm³/mol. The SMILES string of the molecule is Oc1ccc(C2=Nc3cccc4cccc(c34)N2)cc1Cl. The van der Waals surface area contributed by atoms with Crippen molar-refractivity contribution in [3.05, 3.63) is 65.2 Å². The van der Waals surface area contributed by atoms with Gasteiger partial charge in [0.2, 0.25) is 0 Å². The van der Waals surface area contributed by atoms with Crippen LogP contribution in [0.25, 0.3) is 10.8 Å². The van der Waals surface area contributed by atoms with Crippen LogP contribution in [-0.2, 0) is 0 Å². The molecule has 21 heavy (non-hydrogen) atoms. The summed E-state index contributed by atoms with van der Waals surface area (Å²) < 4.78 is 0. The van der Waals surface area contributed by atoms with Gasteiger partial charge >= 0.3 is 0 Å². The van der Waals surface area contributed by atoms with Crippen LogP contribution in [0.5, 0.6) is 5.75 Å². The molecule has 0 atom stereocenters. The van der Waals surface area contributed by atoms with Gasteiger partial charge < -0.3 is 10.4 Å². The zero-order chi connectivity index (χ0) is 14.4. The van der Waals surface area contributed by atoms with E-state index in [4.69, 9.17) is 11.6 Å². The third kappa shape index (κ3) is 1.94. The second kappa shape index (κ2) is 4.50. The van der Waals surface area contributed by atoms with E-state index in [1.165, 1.54) is 0 Å². The number of aromatic hydroxyl groups is 1. The number of hydrogen-bond acceptors (Lipinski definition) is 3. The van der Waals surface area contributed by atoms with E-state index >= 15 is 0 Å². The Balaban J connectivity index is 1.91. The van der Waals surface area contributed by atoms with Gasteiger partial charge in [-0.05, 0) is 35.7 Å². The normalized spacial score (nSPS) is 12.9. The molecule has 1 heterocycles.